The monoisotopic (exact) mass is 194 g/mol. The van der Waals surface area contributed by atoms with Crippen LogP contribution in [0.5, 0.6) is 0 Å². The molecule has 0 aliphatic heterocycles. The van der Waals surface area contributed by atoms with Gasteiger partial charge in [0.1, 0.15) is 0 Å². The molecule has 0 heterocycles. The number of hydrogen-bond donors (Lipinski definition) is 3. The molecular weight excluding hydrogens is 182 g/mol. The van der Waals surface area contributed by atoms with Crippen LogP contribution in [-0.4, -0.2) is 29.2 Å². The van der Waals surface area contributed by atoms with Gasteiger partial charge in [0.25, 0.3) is 0 Å². The third kappa shape index (κ3) is 2.80. The van der Waals surface area contributed by atoms with Gasteiger partial charge in [0.2, 0.25) is 5.92 Å². The van der Waals surface area contributed by atoms with E-state index in [9.17, 15) is 13.6 Å². The van der Waals surface area contributed by atoms with E-state index in [0.717, 1.165) is 0 Å². The molecule has 0 unspecified atom stereocenters. The van der Waals surface area contributed by atoms with Crippen molar-refractivity contribution in [1.29, 1.82) is 0 Å². The van der Waals surface area contributed by atoms with Crippen molar-refractivity contribution in [2.24, 2.45) is 5.73 Å². The molecule has 0 bridgehead atoms. The minimum atomic E-state index is -2.79. The van der Waals surface area contributed by atoms with Crippen molar-refractivity contribution in [2.45, 2.75) is 37.3 Å². The number of hydrogen-bond acceptors (Lipinski definition) is 2. The van der Waals surface area contributed by atoms with Crippen LogP contribution in [0, 0.1) is 0 Å². The molecule has 0 aromatic carbocycles. The van der Waals surface area contributed by atoms with E-state index >= 15 is 0 Å². The Kier molecular flexibility index (Phi) is 2.70. The Morgan fingerprint density at radius 2 is 2.23 bits per heavy atom. The predicted octanol–water partition coefficient (Wildman–Crippen LogP) is 0.769. The lowest BCUT2D eigenvalue weighted by Crippen LogP contribution is -2.53. The highest BCUT2D eigenvalue weighted by Crippen LogP contribution is 2.32. The number of carboxylic acid groups (broad SMARTS) is 1. The fraction of sp³-hybridized carbons (Fsp3) is 0.857. The van der Waals surface area contributed by atoms with Crippen LogP contribution >= 0.6 is 0 Å². The smallest absolute Gasteiger partial charge is 0.404 e. The number of rotatable bonds is 1. The molecule has 0 aromatic heterocycles. The molecule has 0 saturated heterocycles. The van der Waals surface area contributed by atoms with Crippen molar-refractivity contribution in [3.05, 3.63) is 0 Å². The van der Waals surface area contributed by atoms with Crippen LogP contribution in [0.15, 0.2) is 0 Å². The van der Waals surface area contributed by atoms with Crippen LogP contribution in [-0.2, 0) is 0 Å². The Balaban J connectivity index is 2.55. The third-order valence-corrected chi connectivity index (χ3v) is 2.19. The second-order valence-corrected chi connectivity index (χ2v) is 3.32. The molecule has 0 spiro atoms. The molecule has 1 amide bonds. The molecule has 1 aliphatic carbocycles. The van der Waals surface area contributed by atoms with E-state index < -0.39 is 30.5 Å². The van der Waals surface area contributed by atoms with Gasteiger partial charge in [0.15, 0.2) is 0 Å². The maximum absolute atomic E-state index is 12.8. The van der Waals surface area contributed by atoms with Gasteiger partial charge in [-0.25, -0.2) is 13.6 Å². The van der Waals surface area contributed by atoms with E-state index in [2.05, 4.69) is 0 Å². The number of nitrogens with one attached hydrogen (secondary N) is 1. The van der Waals surface area contributed by atoms with Crippen LogP contribution in [0.2, 0.25) is 0 Å². The van der Waals surface area contributed by atoms with Gasteiger partial charge >= 0.3 is 6.09 Å². The fourth-order valence-corrected chi connectivity index (χ4v) is 1.47. The molecule has 0 radical (unpaired) electrons. The largest absolute Gasteiger partial charge is 0.465 e. The van der Waals surface area contributed by atoms with Gasteiger partial charge in [-0.15, -0.1) is 0 Å². The Bertz CT molecular complexity index is 211. The second-order valence-electron chi connectivity index (χ2n) is 3.32. The number of carbonyl (C=O) groups is 1. The van der Waals surface area contributed by atoms with Gasteiger partial charge < -0.3 is 16.2 Å². The van der Waals surface area contributed by atoms with E-state index in [-0.39, 0.29) is 12.8 Å². The van der Waals surface area contributed by atoms with Gasteiger partial charge in [-0.05, 0) is 6.42 Å². The van der Waals surface area contributed by atoms with Crippen molar-refractivity contribution in [3.8, 4) is 0 Å². The summed E-state index contributed by atoms with van der Waals surface area (Å²) in [7, 11) is 0. The Morgan fingerprint density at radius 3 is 2.77 bits per heavy atom. The highest BCUT2D eigenvalue weighted by atomic mass is 19.3. The first kappa shape index (κ1) is 10.2. The molecule has 4 N–H and O–H groups in total. The lowest BCUT2D eigenvalue weighted by molar-refractivity contribution is -0.0476. The van der Waals surface area contributed by atoms with Crippen LogP contribution in [0.1, 0.15) is 19.3 Å². The van der Waals surface area contributed by atoms with E-state index in [1.807, 2.05) is 5.32 Å². The van der Waals surface area contributed by atoms with E-state index in [0.29, 0.717) is 0 Å². The minimum absolute atomic E-state index is 0.151. The topological polar surface area (TPSA) is 75.3 Å². The normalized spacial score (nSPS) is 32.5. The predicted molar refractivity (Wildman–Crippen MR) is 41.7 cm³/mol. The maximum atomic E-state index is 12.8. The molecule has 0 aromatic rings. The molecule has 6 heteroatoms. The van der Waals surface area contributed by atoms with E-state index in [1.54, 1.807) is 0 Å². The van der Waals surface area contributed by atoms with Crippen LogP contribution in [0.4, 0.5) is 13.6 Å². The third-order valence-electron chi connectivity index (χ3n) is 2.19. The Hall–Kier alpha value is -0.910. The zero-order valence-electron chi connectivity index (χ0n) is 6.96. The summed E-state index contributed by atoms with van der Waals surface area (Å²) in [5.41, 5.74) is 5.49. The summed E-state index contributed by atoms with van der Waals surface area (Å²) in [6.07, 6.45) is -1.91. The summed E-state index contributed by atoms with van der Waals surface area (Å²) in [4.78, 5) is 10.2. The van der Waals surface area contributed by atoms with Gasteiger partial charge in [-0.2, -0.15) is 0 Å². The molecule has 1 fully saturated rings. The molecule has 76 valence electrons. The lowest BCUT2D eigenvalue weighted by atomic mass is 9.88. The highest BCUT2D eigenvalue weighted by molar-refractivity contribution is 5.65. The van der Waals surface area contributed by atoms with Crippen molar-refractivity contribution in [3.63, 3.8) is 0 Å². The van der Waals surface area contributed by atoms with Crippen molar-refractivity contribution < 1.29 is 18.7 Å². The first-order valence-corrected chi connectivity index (χ1v) is 4.03. The Labute approximate surface area is 74.1 Å². The molecule has 1 aliphatic rings. The van der Waals surface area contributed by atoms with Crippen molar-refractivity contribution >= 4 is 6.09 Å². The first-order valence-electron chi connectivity index (χ1n) is 4.03. The number of alkyl halides is 2. The lowest BCUT2D eigenvalue weighted by Gasteiger charge is -2.33. The van der Waals surface area contributed by atoms with Gasteiger partial charge in [0.05, 0.1) is 6.04 Å². The Morgan fingerprint density at radius 1 is 1.62 bits per heavy atom. The van der Waals surface area contributed by atoms with Crippen molar-refractivity contribution in [2.75, 3.05) is 0 Å². The quantitative estimate of drug-likeness (QED) is 0.577. The zero-order chi connectivity index (χ0) is 10.1. The number of nitrogens with two attached hydrogens (primary N) is 1. The summed E-state index contributed by atoms with van der Waals surface area (Å²) in [6, 6.07) is -1.34. The van der Waals surface area contributed by atoms with E-state index in [1.165, 1.54) is 0 Å². The molecule has 1 saturated carbocycles. The summed E-state index contributed by atoms with van der Waals surface area (Å²) in [5.74, 6) is -2.79. The first-order chi connectivity index (χ1) is 5.91. The summed E-state index contributed by atoms with van der Waals surface area (Å²) >= 11 is 0. The summed E-state index contributed by atoms with van der Waals surface area (Å²) in [6.45, 7) is 0. The average molecular weight is 194 g/mol. The molecule has 2 atom stereocenters. The fourth-order valence-electron chi connectivity index (χ4n) is 1.47. The van der Waals surface area contributed by atoms with Crippen LogP contribution in [0.25, 0.3) is 0 Å². The van der Waals surface area contributed by atoms with Crippen LogP contribution < -0.4 is 11.1 Å². The maximum Gasteiger partial charge on any atom is 0.404 e. The SMILES string of the molecule is N[C@@H]1CCC(F)(F)C[C@H]1NC(=O)O. The van der Waals surface area contributed by atoms with Crippen molar-refractivity contribution in [1.82, 2.24) is 5.32 Å². The molecule has 1 rings (SSSR count). The number of amides is 1. The average Bonchev–Trinajstić information content (AvgIpc) is 1.95. The highest BCUT2D eigenvalue weighted by Gasteiger charge is 2.40. The standard InChI is InChI=1S/C7H12F2N2O2/c8-7(9)2-1-4(10)5(3-7)11-6(12)13/h4-5,11H,1-3,10H2,(H,12,13)/t4-,5-/m1/s1. The minimum Gasteiger partial charge on any atom is -0.465 e. The summed E-state index contributed by atoms with van der Waals surface area (Å²) < 4.78 is 25.6. The molecule has 13 heavy (non-hydrogen) atoms. The molecular formula is C7H12F2N2O2. The van der Waals surface area contributed by atoms with Gasteiger partial charge in [-0.3, -0.25) is 0 Å². The van der Waals surface area contributed by atoms with Gasteiger partial charge in [0, 0.05) is 18.9 Å². The van der Waals surface area contributed by atoms with Crippen LogP contribution in [0.3, 0.4) is 0 Å². The zero-order valence-corrected chi connectivity index (χ0v) is 6.96. The van der Waals surface area contributed by atoms with E-state index in [4.69, 9.17) is 10.8 Å². The number of halogens is 2. The molecule has 4 nitrogen and oxygen atoms in total. The van der Waals surface area contributed by atoms with Gasteiger partial charge in [-0.1, -0.05) is 0 Å². The second kappa shape index (κ2) is 3.45. The summed E-state index contributed by atoms with van der Waals surface area (Å²) in [5, 5.41) is 10.3.